The fourth-order valence-corrected chi connectivity index (χ4v) is 2.54. The van der Waals surface area contributed by atoms with Gasteiger partial charge in [0.15, 0.2) is 0 Å². The van der Waals surface area contributed by atoms with Crippen LogP contribution in [0.25, 0.3) is 22.0 Å². The molecule has 3 aromatic rings. The monoisotopic (exact) mass is 272 g/mol. The largest absolute Gasteiger partial charge is 0.507 e. The van der Waals surface area contributed by atoms with Crippen molar-refractivity contribution in [1.29, 1.82) is 0 Å². The van der Waals surface area contributed by atoms with Gasteiger partial charge in [0.05, 0.1) is 17.5 Å². The van der Waals surface area contributed by atoms with Crippen LogP contribution in [-0.2, 0) is 0 Å². The lowest BCUT2D eigenvalue weighted by atomic mass is 10.2. The average Bonchev–Trinajstić information content (AvgIpc) is 2.89. The van der Waals surface area contributed by atoms with Crippen molar-refractivity contribution in [1.82, 2.24) is 9.97 Å². The van der Waals surface area contributed by atoms with E-state index in [2.05, 4.69) is 9.97 Å². The molecule has 2 aromatic heterocycles. The molecule has 0 atom stereocenters. The Morgan fingerprint density at radius 1 is 1.05 bits per heavy atom. The summed E-state index contributed by atoms with van der Waals surface area (Å²) in [6.07, 6.45) is 1.16. The lowest BCUT2D eigenvalue weighted by molar-refractivity contribution is 0.477. The van der Waals surface area contributed by atoms with Gasteiger partial charge in [0.1, 0.15) is 22.3 Å². The van der Waals surface area contributed by atoms with E-state index in [4.69, 9.17) is 0 Å². The van der Waals surface area contributed by atoms with Crippen molar-refractivity contribution in [2.45, 2.75) is 0 Å². The Hall–Kier alpha value is -2.27. The Balaban J connectivity index is 2.00. The van der Waals surface area contributed by atoms with Gasteiger partial charge < -0.3 is 5.11 Å². The second-order valence-corrected chi connectivity index (χ2v) is 4.77. The zero-order valence-electron chi connectivity index (χ0n) is 9.75. The number of halogens is 1. The minimum atomic E-state index is -0.375. The number of nitrogens with zero attached hydrogens (tertiary/aromatic N) is 2. The molecular formula is C14H9FN2OS. The van der Waals surface area contributed by atoms with E-state index in [9.17, 15) is 9.50 Å². The van der Waals surface area contributed by atoms with Crippen molar-refractivity contribution in [3.05, 3.63) is 53.8 Å². The maximum absolute atomic E-state index is 12.8. The number of hydrogen-bond acceptors (Lipinski definition) is 4. The summed E-state index contributed by atoms with van der Waals surface area (Å²) >= 11 is 1.41. The highest BCUT2D eigenvalue weighted by atomic mass is 32.1. The molecule has 0 aliphatic heterocycles. The fourth-order valence-electron chi connectivity index (χ4n) is 1.70. The van der Waals surface area contributed by atoms with Gasteiger partial charge in [-0.15, -0.1) is 11.3 Å². The van der Waals surface area contributed by atoms with E-state index >= 15 is 0 Å². The normalized spacial score (nSPS) is 10.6. The predicted octanol–water partition coefficient (Wildman–Crippen LogP) is 3.72. The summed E-state index contributed by atoms with van der Waals surface area (Å²) in [5.41, 5.74) is 1.96. The first kappa shape index (κ1) is 11.8. The van der Waals surface area contributed by atoms with Crippen molar-refractivity contribution in [3.63, 3.8) is 0 Å². The van der Waals surface area contributed by atoms with Gasteiger partial charge in [-0.05, 0) is 24.3 Å². The third-order valence-corrected chi connectivity index (χ3v) is 3.50. The number of aromatic hydroxyl groups is 1. The Morgan fingerprint density at radius 3 is 2.63 bits per heavy atom. The highest BCUT2D eigenvalue weighted by Gasteiger charge is 2.10. The minimum Gasteiger partial charge on any atom is -0.507 e. The summed E-state index contributed by atoms with van der Waals surface area (Å²) in [5.74, 6) is -0.185. The van der Waals surface area contributed by atoms with Crippen LogP contribution in [0.2, 0.25) is 0 Å². The lowest BCUT2D eigenvalue weighted by Crippen LogP contribution is -1.85. The summed E-state index contributed by atoms with van der Waals surface area (Å²) in [5, 5.41) is 12.3. The van der Waals surface area contributed by atoms with Crippen LogP contribution in [0, 0.1) is 5.82 Å². The zero-order chi connectivity index (χ0) is 13.2. The Labute approximate surface area is 113 Å². The topological polar surface area (TPSA) is 46.0 Å². The van der Waals surface area contributed by atoms with Crippen LogP contribution in [0.15, 0.2) is 48.0 Å². The van der Waals surface area contributed by atoms with Gasteiger partial charge in [-0.25, -0.2) is 9.37 Å². The molecule has 0 saturated heterocycles. The van der Waals surface area contributed by atoms with Crippen LogP contribution in [0.5, 0.6) is 5.75 Å². The smallest absolute Gasteiger partial charge is 0.141 e. The van der Waals surface area contributed by atoms with Gasteiger partial charge >= 0.3 is 0 Å². The van der Waals surface area contributed by atoms with Gasteiger partial charge in [-0.2, -0.15) is 0 Å². The van der Waals surface area contributed by atoms with Crippen LogP contribution in [0.4, 0.5) is 4.39 Å². The maximum Gasteiger partial charge on any atom is 0.141 e. The third kappa shape index (κ3) is 2.32. The number of phenols is 1. The van der Waals surface area contributed by atoms with E-state index in [1.165, 1.54) is 17.4 Å². The van der Waals surface area contributed by atoms with Gasteiger partial charge in [-0.3, -0.25) is 4.98 Å². The molecule has 5 heteroatoms. The molecule has 0 aliphatic rings. The quantitative estimate of drug-likeness (QED) is 0.773. The summed E-state index contributed by atoms with van der Waals surface area (Å²) in [7, 11) is 0. The van der Waals surface area contributed by atoms with E-state index in [0.29, 0.717) is 22.0 Å². The van der Waals surface area contributed by atoms with Gasteiger partial charge in [0.2, 0.25) is 0 Å². The van der Waals surface area contributed by atoms with Crippen LogP contribution in [0.3, 0.4) is 0 Å². The fraction of sp³-hybridized carbons (Fsp3) is 0. The van der Waals surface area contributed by atoms with Gasteiger partial charge in [0, 0.05) is 5.38 Å². The van der Waals surface area contributed by atoms with E-state index in [1.54, 1.807) is 24.3 Å². The van der Waals surface area contributed by atoms with E-state index in [0.717, 1.165) is 6.20 Å². The van der Waals surface area contributed by atoms with Crippen LogP contribution in [0.1, 0.15) is 0 Å². The molecule has 19 heavy (non-hydrogen) atoms. The van der Waals surface area contributed by atoms with Crippen LogP contribution < -0.4 is 0 Å². The SMILES string of the molecule is Oc1ccccc1-c1nc(-c2ccc(F)cn2)cs1. The lowest BCUT2D eigenvalue weighted by Gasteiger charge is -1.99. The summed E-state index contributed by atoms with van der Waals surface area (Å²) < 4.78 is 12.8. The standard InChI is InChI=1S/C14H9FN2OS/c15-9-5-6-11(16-7-9)12-8-19-14(17-12)10-3-1-2-4-13(10)18/h1-8,18H. The molecule has 1 aromatic carbocycles. The molecule has 0 radical (unpaired) electrons. The number of benzene rings is 1. The predicted molar refractivity (Wildman–Crippen MR) is 72.4 cm³/mol. The first-order chi connectivity index (χ1) is 9.24. The number of pyridine rings is 1. The average molecular weight is 272 g/mol. The Bertz CT molecular complexity index is 709. The maximum atomic E-state index is 12.8. The van der Waals surface area contributed by atoms with Gasteiger partial charge in [-0.1, -0.05) is 12.1 Å². The van der Waals surface area contributed by atoms with Crippen molar-refractivity contribution in [2.24, 2.45) is 0 Å². The molecule has 0 saturated carbocycles. The molecule has 0 fully saturated rings. The van der Waals surface area contributed by atoms with Crippen molar-refractivity contribution in [3.8, 4) is 27.7 Å². The summed E-state index contributed by atoms with van der Waals surface area (Å²) in [6, 6.07) is 9.95. The Morgan fingerprint density at radius 2 is 1.89 bits per heavy atom. The third-order valence-electron chi connectivity index (χ3n) is 2.63. The number of thiazole rings is 1. The van der Waals surface area contributed by atoms with Crippen LogP contribution in [-0.4, -0.2) is 15.1 Å². The number of para-hydroxylation sites is 1. The second-order valence-electron chi connectivity index (χ2n) is 3.92. The molecule has 0 bridgehead atoms. The highest BCUT2D eigenvalue weighted by Crippen LogP contribution is 2.33. The van der Waals surface area contributed by atoms with E-state index in [-0.39, 0.29) is 11.6 Å². The molecule has 0 aliphatic carbocycles. The van der Waals surface area contributed by atoms with E-state index in [1.807, 2.05) is 11.4 Å². The second kappa shape index (κ2) is 4.78. The number of phenolic OH excluding ortho intramolecular Hbond substituents is 1. The molecular weight excluding hydrogens is 263 g/mol. The van der Waals surface area contributed by atoms with Gasteiger partial charge in [0.25, 0.3) is 0 Å². The zero-order valence-corrected chi connectivity index (χ0v) is 10.6. The first-order valence-corrected chi connectivity index (χ1v) is 6.48. The molecule has 3 nitrogen and oxygen atoms in total. The van der Waals surface area contributed by atoms with Crippen molar-refractivity contribution >= 4 is 11.3 Å². The van der Waals surface area contributed by atoms with Crippen molar-refractivity contribution in [2.75, 3.05) is 0 Å². The van der Waals surface area contributed by atoms with Crippen molar-refractivity contribution < 1.29 is 9.50 Å². The van der Waals surface area contributed by atoms with Crippen LogP contribution >= 0.6 is 11.3 Å². The molecule has 94 valence electrons. The molecule has 2 heterocycles. The molecule has 1 N–H and O–H groups in total. The molecule has 0 unspecified atom stereocenters. The molecule has 3 rings (SSSR count). The minimum absolute atomic E-state index is 0.190. The van der Waals surface area contributed by atoms with E-state index < -0.39 is 0 Å². The molecule has 0 amide bonds. The number of rotatable bonds is 2. The summed E-state index contributed by atoms with van der Waals surface area (Å²) in [6.45, 7) is 0. The summed E-state index contributed by atoms with van der Waals surface area (Å²) in [4.78, 5) is 8.40. The number of hydrogen-bond donors (Lipinski definition) is 1. The number of aromatic nitrogens is 2. The first-order valence-electron chi connectivity index (χ1n) is 5.60. The Kier molecular flexibility index (Phi) is 2.97. The molecule has 0 spiro atoms. The highest BCUT2D eigenvalue weighted by molar-refractivity contribution is 7.13.